The Morgan fingerprint density at radius 2 is 1.93 bits per heavy atom. The Morgan fingerprint density at radius 1 is 1.33 bits per heavy atom. The van der Waals surface area contributed by atoms with Crippen molar-refractivity contribution in [2.24, 2.45) is 5.92 Å². The van der Waals surface area contributed by atoms with E-state index in [0.717, 1.165) is 18.7 Å². The molecule has 0 heterocycles. The van der Waals surface area contributed by atoms with Crippen molar-refractivity contribution in [1.82, 2.24) is 0 Å². The number of anilines is 1. The standard InChI is InChI=1S/C11H16N2O2/c1-9(2)7-8-12-10-3-5-11(6-4-10)13(14)15/h3-6,9,12H,7-8H2,1-2H3. The van der Waals surface area contributed by atoms with Crippen molar-refractivity contribution < 1.29 is 4.92 Å². The molecule has 1 N–H and O–H groups in total. The van der Waals surface area contributed by atoms with Gasteiger partial charge in [-0.05, 0) is 24.5 Å². The van der Waals surface area contributed by atoms with Crippen LogP contribution in [0.1, 0.15) is 20.3 Å². The van der Waals surface area contributed by atoms with Gasteiger partial charge >= 0.3 is 0 Å². The molecule has 82 valence electrons. The molecule has 0 saturated carbocycles. The van der Waals surface area contributed by atoms with E-state index in [0.29, 0.717) is 5.92 Å². The summed E-state index contributed by atoms with van der Waals surface area (Å²) in [5.74, 6) is 0.663. The lowest BCUT2D eigenvalue weighted by Gasteiger charge is -2.07. The fourth-order valence-corrected chi connectivity index (χ4v) is 1.21. The van der Waals surface area contributed by atoms with E-state index in [4.69, 9.17) is 0 Å². The van der Waals surface area contributed by atoms with Gasteiger partial charge in [-0.15, -0.1) is 0 Å². The molecule has 4 heteroatoms. The Kier molecular flexibility index (Phi) is 4.09. The average molecular weight is 208 g/mol. The number of hydrogen-bond acceptors (Lipinski definition) is 3. The van der Waals surface area contributed by atoms with Gasteiger partial charge in [0, 0.05) is 24.4 Å². The lowest BCUT2D eigenvalue weighted by molar-refractivity contribution is -0.384. The highest BCUT2D eigenvalue weighted by molar-refractivity contribution is 5.48. The second-order valence-electron chi connectivity index (χ2n) is 3.91. The molecule has 0 radical (unpaired) electrons. The maximum Gasteiger partial charge on any atom is 0.269 e. The fraction of sp³-hybridized carbons (Fsp3) is 0.455. The summed E-state index contributed by atoms with van der Waals surface area (Å²) < 4.78 is 0. The van der Waals surface area contributed by atoms with Gasteiger partial charge in [-0.25, -0.2) is 0 Å². The van der Waals surface area contributed by atoms with E-state index >= 15 is 0 Å². The molecular weight excluding hydrogens is 192 g/mol. The van der Waals surface area contributed by atoms with Crippen LogP contribution in [0.2, 0.25) is 0 Å². The van der Waals surface area contributed by atoms with Crippen molar-refractivity contribution in [3.05, 3.63) is 34.4 Å². The van der Waals surface area contributed by atoms with Crippen LogP contribution in [-0.2, 0) is 0 Å². The van der Waals surface area contributed by atoms with E-state index in [9.17, 15) is 10.1 Å². The zero-order valence-electron chi connectivity index (χ0n) is 9.06. The third kappa shape index (κ3) is 3.97. The summed E-state index contributed by atoms with van der Waals surface area (Å²) in [4.78, 5) is 10.0. The minimum atomic E-state index is -0.391. The maximum atomic E-state index is 10.4. The number of non-ortho nitro benzene ring substituents is 1. The molecule has 0 unspecified atom stereocenters. The van der Waals surface area contributed by atoms with Gasteiger partial charge in [0.15, 0.2) is 0 Å². The first-order chi connectivity index (χ1) is 7.09. The Morgan fingerprint density at radius 3 is 2.40 bits per heavy atom. The van der Waals surface area contributed by atoms with Gasteiger partial charge in [0.25, 0.3) is 5.69 Å². The summed E-state index contributed by atoms with van der Waals surface area (Å²) in [7, 11) is 0. The maximum absolute atomic E-state index is 10.4. The van der Waals surface area contributed by atoms with Crippen LogP contribution >= 0.6 is 0 Å². The number of benzene rings is 1. The highest BCUT2D eigenvalue weighted by Crippen LogP contribution is 2.15. The number of nitrogens with zero attached hydrogens (tertiary/aromatic N) is 1. The fourth-order valence-electron chi connectivity index (χ4n) is 1.21. The Hall–Kier alpha value is -1.58. The van der Waals surface area contributed by atoms with Crippen LogP contribution in [0.25, 0.3) is 0 Å². The Labute approximate surface area is 89.5 Å². The second kappa shape index (κ2) is 5.34. The molecule has 15 heavy (non-hydrogen) atoms. The molecule has 1 aromatic rings. The SMILES string of the molecule is CC(C)CCNc1ccc([N+](=O)[O-])cc1. The third-order valence-corrected chi connectivity index (χ3v) is 2.13. The first-order valence-corrected chi connectivity index (χ1v) is 5.08. The molecular formula is C11H16N2O2. The van der Waals surface area contributed by atoms with Crippen LogP contribution in [0.4, 0.5) is 11.4 Å². The molecule has 0 fully saturated rings. The van der Waals surface area contributed by atoms with E-state index in [1.807, 2.05) is 0 Å². The zero-order chi connectivity index (χ0) is 11.3. The molecule has 0 aliphatic heterocycles. The van der Waals surface area contributed by atoms with E-state index in [1.54, 1.807) is 12.1 Å². The number of rotatable bonds is 5. The van der Waals surface area contributed by atoms with Crippen LogP contribution in [0.5, 0.6) is 0 Å². The van der Waals surface area contributed by atoms with Gasteiger partial charge in [-0.3, -0.25) is 10.1 Å². The highest BCUT2D eigenvalue weighted by Gasteiger charge is 2.03. The third-order valence-electron chi connectivity index (χ3n) is 2.13. The van der Waals surface area contributed by atoms with E-state index in [-0.39, 0.29) is 5.69 Å². The summed E-state index contributed by atoms with van der Waals surface area (Å²) in [6, 6.07) is 6.49. The van der Waals surface area contributed by atoms with Gasteiger partial charge < -0.3 is 5.32 Å². The summed E-state index contributed by atoms with van der Waals surface area (Å²) in [5, 5.41) is 13.6. The van der Waals surface area contributed by atoms with Gasteiger partial charge in [-0.2, -0.15) is 0 Å². The van der Waals surface area contributed by atoms with Crippen molar-refractivity contribution in [1.29, 1.82) is 0 Å². The highest BCUT2D eigenvalue weighted by atomic mass is 16.6. The van der Waals surface area contributed by atoms with Gasteiger partial charge in [0.05, 0.1) is 4.92 Å². The van der Waals surface area contributed by atoms with Crippen molar-refractivity contribution in [2.75, 3.05) is 11.9 Å². The lowest BCUT2D eigenvalue weighted by atomic mass is 10.1. The molecule has 0 bridgehead atoms. The molecule has 0 atom stereocenters. The molecule has 0 aliphatic rings. The molecule has 0 amide bonds. The quantitative estimate of drug-likeness (QED) is 0.597. The van der Waals surface area contributed by atoms with Gasteiger partial charge in [0.1, 0.15) is 0 Å². The molecule has 0 spiro atoms. The molecule has 1 rings (SSSR count). The van der Waals surface area contributed by atoms with Crippen molar-refractivity contribution >= 4 is 11.4 Å². The van der Waals surface area contributed by atoms with Crippen LogP contribution in [-0.4, -0.2) is 11.5 Å². The topological polar surface area (TPSA) is 55.2 Å². The van der Waals surface area contributed by atoms with Crippen molar-refractivity contribution in [2.45, 2.75) is 20.3 Å². The summed E-state index contributed by atoms with van der Waals surface area (Å²) in [6.07, 6.45) is 1.09. The number of nitrogens with one attached hydrogen (secondary N) is 1. The molecule has 4 nitrogen and oxygen atoms in total. The average Bonchev–Trinajstić information content (AvgIpc) is 2.18. The van der Waals surface area contributed by atoms with Crippen LogP contribution in [0.3, 0.4) is 0 Å². The summed E-state index contributed by atoms with van der Waals surface area (Å²) >= 11 is 0. The number of hydrogen-bond donors (Lipinski definition) is 1. The predicted octanol–water partition coefficient (Wildman–Crippen LogP) is 3.05. The summed E-state index contributed by atoms with van der Waals surface area (Å²) in [5.41, 5.74) is 1.06. The monoisotopic (exact) mass is 208 g/mol. The van der Waals surface area contributed by atoms with E-state index in [1.165, 1.54) is 12.1 Å². The first kappa shape index (κ1) is 11.5. The molecule has 0 aromatic heterocycles. The normalized spacial score (nSPS) is 10.3. The van der Waals surface area contributed by atoms with Crippen LogP contribution in [0, 0.1) is 16.0 Å². The molecule has 0 saturated heterocycles. The number of nitro groups is 1. The largest absolute Gasteiger partial charge is 0.385 e. The predicted molar refractivity (Wildman–Crippen MR) is 61.0 cm³/mol. The molecule has 0 aliphatic carbocycles. The zero-order valence-corrected chi connectivity index (χ0v) is 9.06. The van der Waals surface area contributed by atoms with Gasteiger partial charge in [-0.1, -0.05) is 13.8 Å². The van der Waals surface area contributed by atoms with E-state index in [2.05, 4.69) is 19.2 Å². The minimum absolute atomic E-state index is 0.129. The van der Waals surface area contributed by atoms with Crippen LogP contribution in [0.15, 0.2) is 24.3 Å². The van der Waals surface area contributed by atoms with E-state index < -0.39 is 4.92 Å². The number of nitro benzene ring substituents is 1. The second-order valence-corrected chi connectivity index (χ2v) is 3.91. The Balaban J connectivity index is 2.46. The van der Waals surface area contributed by atoms with Crippen molar-refractivity contribution in [3.63, 3.8) is 0 Å². The molecule has 1 aromatic carbocycles. The smallest absolute Gasteiger partial charge is 0.269 e. The summed E-state index contributed by atoms with van der Waals surface area (Å²) in [6.45, 7) is 5.23. The van der Waals surface area contributed by atoms with Crippen molar-refractivity contribution in [3.8, 4) is 0 Å². The Bertz CT molecular complexity index is 320. The van der Waals surface area contributed by atoms with Gasteiger partial charge in [0.2, 0.25) is 0 Å². The van der Waals surface area contributed by atoms with Crippen LogP contribution < -0.4 is 5.32 Å². The lowest BCUT2D eigenvalue weighted by Crippen LogP contribution is -2.04. The minimum Gasteiger partial charge on any atom is -0.385 e. The first-order valence-electron chi connectivity index (χ1n) is 5.08.